The van der Waals surface area contributed by atoms with Crippen molar-refractivity contribution in [1.82, 2.24) is 5.32 Å². The zero-order chi connectivity index (χ0) is 11.0. The lowest BCUT2D eigenvalue weighted by molar-refractivity contribution is 0.136. The Morgan fingerprint density at radius 3 is 2.69 bits per heavy atom. The Balaban J connectivity index is 1.86. The number of hydrogen-bond donors (Lipinski definition) is 2. The third kappa shape index (κ3) is 1.87. The SMILES string of the molecule is OC(c1ccccc1C1CC1)C1CCCN1. The van der Waals surface area contributed by atoms with E-state index < -0.39 is 0 Å². The Labute approximate surface area is 96.7 Å². The molecule has 0 radical (unpaired) electrons. The van der Waals surface area contributed by atoms with Gasteiger partial charge in [0.1, 0.15) is 0 Å². The van der Waals surface area contributed by atoms with E-state index in [4.69, 9.17) is 0 Å². The summed E-state index contributed by atoms with van der Waals surface area (Å²) in [6.45, 7) is 1.05. The summed E-state index contributed by atoms with van der Waals surface area (Å²) in [5, 5.41) is 13.8. The fourth-order valence-corrected chi connectivity index (χ4v) is 2.74. The van der Waals surface area contributed by atoms with Gasteiger partial charge in [0.05, 0.1) is 6.10 Å². The van der Waals surface area contributed by atoms with Crippen LogP contribution in [0.5, 0.6) is 0 Å². The minimum Gasteiger partial charge on any atom is -0.387 e. The molecule has 2 heteroatoms. The number of hydrogen-bond acceptors (Lipinski definition) is 2. The first kappa shape index (κ1) is 10.3. The standard InChI is InChI=1S/C14H19NO/c16-14(13-6-3-9-15-13)12-5-2-1-4-11(12)10-7-8-10/h1-2,4-5,10,13-16H,3,6-9H2. The number of benzene rings is 1. The van der Waals surface area contributed by atoms with Gasteiger partial charge in [-0.25, -0.2) is 0 Å². The Hall–Kier alpha value is -0.860. The second-order valence-electron chi connectivity index (χ2n) is 5.05. The molecule has 1 heterocycles. The highest BCUT2D eigenvalue weighted by molar-refractivity contribution is 5.35. The lowest BCUT2D eigenvalue weighted by Gasteiger charge is -2.21. The average Bonchev–Trinajstić information content (AvgIpc) is 3.03. The van der Waals surface area contributed by atoms with E-state index in [0.717, 1.165) is 18.5 Å². The molecule has 1 saturated heterocycles. The first-order chi connectivity index (χ1) is 7.86. The molecule has 2 N–H and O–H groups in total. The van der Waals surface area contributed by atoms with Crippen molar-refractivity contribution in [2.24, 2.45) is 0 Å². The number of rotatable bonds is 3. The summed E-state index contributed by atoms with van der Waals surface area (Å²) in [6, 6.07) is 8.68. The van der Waals surface area contributed by atoms with Crippen LogP contribution in [0.15, 0.2) is 24.3 Å². The Morgan fingerprint density at radius 2 is 2.00 bits per heavy atom. The van der Waals surface area contributed by atoms with Crippen molar-refractivity contribution < 1.29 is 5.11 Å². The second kappa shape index (κ2) is 4.19. The van der Waals surface area contributed by atoms with Gasteiger partial charge in [0.25, 0.3) is 0 Å². The maximum Gasteiger partial charge on any atom is 0.0945 e. The highest BCUT2D eigenvalue weighted by atomic mass is 16.3. The Morgan fingerprint density at radius 1 is 1.19 bits per heavy atom. The van der Waals surface area contributed by atoms with Gasteiger partial charge in [-0.15, -0.1) is 0 Å². The van der Waals surface area contributed by atoms with E-state index in [1.807, 2.05) is 6.07 Å². The number of nitrogens with one attached hydrogen (secondary N) is 1. The topological polar surface area (TPSA) is 32.3 Å². The molecule has 1 saturated carbocycles. The van der Waals surface area contributed by atoms with Crippen molar-refractivity contribution in [3.63, 3.8) is 0 Å². The van der Waals surface area contributed by atoms with Crippen molar-refractivity contribution in [2.45, 2.75) is 43.7 Å². The highest BCUT2D eigenvalue weighted by Gasteiger charge is 2.31. The highest BCUT2D eigenvalue weighted by Crippen LogP contribution is 2.43. The maximum absolute atomic E-state index is 10.4. The predicted octanol–water partition coefficient (Wildman–Crippen LogP) is 2.35. The van der Waals surface area contributed by atoms with Crippen LogP contribution in [0, 0.1) is 0 Å². The van der Waals surface area contributed by atoms with E-state index in [1.165, 1.54) is 24.8 Å². The molecule has 2 aliphatic rings. The largest absolute Gasteiger partial charge is 0.387 e. The van der Waals surface area contributed by atoms with Crippen LogP contribution in [0.2, 0.25) is 0 Å². The van der Waals surface area contributed by atoms with E-state index >= 15 is 0 Å². The smallest absolute Gasteiger partial charge is 0.0945 e. The molecule has 0 bridgehead atoms. The van der Waals surface area contributed by atoms with E-state index in [1.54, 1.807) is 0 Å². The van der Waals surface area contributed by atoms with E-state index in [-0.39, 0.29) is 12.1 Å². The summed E-state index contributed by atoms with van der Waals surface area (Å²) in [7, 11) is 0. The van der Waals surface area contributed by atoms with Gasteiger partial charge in [-0.1, -0.05) is 24.3 Å². The fourth-order valence-electron chi connectivity index (χ4n) is 2.74. The molecule has 2 unspecified atom stereocenters. The van der Waals surface area contributed by atoms with Gasteiger partial charge < -0.3 is 10.4 Å². The molecule has 1 aliphatic carbocycles. The molecule has 1 aliphatic heterocycles. The number of aliphatic hydroxyl groups excluding tert-OH is 1. The summed E-state index contributed by atoms with van der Waals surface area (Å²) >= 11 is 0. The molecular weight excluding hydrogens is 198 g/mol. The third-order valence-electron chi connectivity index (χ3n) is 3.81. The molecular formula is C14H19NO. The monoisotopic (exact) mass is 217 g/mol. The zero-order valence-electron chi connectivity index (χ0n) is 9.52. The normalized spacial score (nSPS) is 26.9. The van der Waals surface area contributed by atoms with E-state index in [9.17, 15) is 5.11 Å². The molecule has 2 fully saturated rings. The molecule has 16 heavy (non-hydrogen) atoms. The first-order valence-corrected chi connectivity index (χ1v) is 6.36. The minimum atomic E-state index is -0.320. The van der Waals surface area contributed by atoms with Crippen LogP contribution in [0.3, 0.4) is 0 Å². The summed E-state index contributed by atoms with van der Waals surface area (Å²) in [4.78, 5) is 0. The first-order valence-electron chi connectivity index (χ1n) is 6.36. The average molecular weight is 217 g/mol. The van der Waals surface area contributed by atoms with Crippen LogP contribution in [0.4, 0.5) is 0 Å². The summed E-state index contributed by atoms with van der Waals surface area (Å²) in [5.41, 5.74) is 2.54. The molecule has 3 rings (SSSR count). The molecule has 86 valence electrons. The molecule has 2 atom stereocenters. The van der Waals surface area contributed by atoms with Crippen molar-refractivity contribution in [3.05, 3.63) is 35.4 Å². The van der Waals surface area contributed by atoms with Gasteiger partial charge in [0.2, 0.25) is 0 Å². The Bertz CT molecular complexity index is 367. The molecule has 2 nitrogen and oxygen atoms in total. The van der Waals surface area contributed by atoms with Crippen LogP contribution < -0.4 is 5.32 Å². The van der Waals surface area contributed by atoms with Gasteiger partial charge in [-0.05, 0) is 49.3 Å². The van der Waals surface area contributed by atoms with Gasteiger partial charge in [-0.2, -0.15) is 0 Å². The van der Waals surface area contributed by atoms with Crippen molar-refractivity contribution in [2.75, 3.05) is 6.54 Å². The van der Waals surface area contributed by atoms with Gasteiger partial charge in [0.15, 0.2) is 0 Å². The maximum atomic E-state index is 10.4. The summed E-state index contributed by atoms with van der Waals surface area (Å²) in [5.74, 6) is 0.715. The molecule has 0 spiro atoms. The molecule has 1 aromatic carbocycles. The Kier molecular flexibility index (Phi) is 2.70. The molecule has 1 aromatic rings. The van der Waals surface area contributed by atoms with Crippen LogP contribution >= 0.6 is 0 Å². The van der Waals surface area contributed by atoms with Crippen LogP contribution in [0.25, 0.3) is 0 Å². The van der Waals surface area contributed by atoms with Crippen LogP contribution in [-0.4, -0.2) is 17.7 Å². The quantitative estimate of drug-likeness (QED) is 0.814. The number of aliphatic hydroxyl groups is 1. The second-order valence-corrected chi connectivity index (χ2v) is 5.05. The zero-order valence-corrected chi connectivity index (χ0v) is 9.52. The minimum absolute atomic E-state index is 0.264. The van der Waals surface area contributed by atoms with Gasteiger partial charge in [-0.3, -0.25) is 0 Å². The van der Waals surface area contributed by atoms with E-state index in [2.05, 4.69) is 23.5 Å². The third-order valence-corrected chi connectivity index (χ3v) is 3.81. The molecule has 0 amide bonds. The van der Waals surface area contributed by atoms with Gasteiger partial charge >= 0.3 is 0 Å². The fraction of sp³-hybridized carbons (Fsp3) is 0.571. The summed E-state index contributed by atoms with van der Waals surface area (Å²) < 4.78 is 0. The predicted molar refractivity (Wildman–Crippen MR) is 64.4 cm³/mol. The van der Waals surface area contributed by atoms with E-state index in [0.29, 0.717) is 5.92 Å². The van der Waals surface area contributed by atoms with Gasteiger partial charge in [0, 0.05) is 6.04 Å². The van der Waals surface area contributed by atoms with Crippen molar-refractivity contribution >= 4 is 0 Å². The lowest BCUT2D eigenvalue weighted by atomic mass is 9.94. The lowest BCUT2D eigenvalue weighted by Crippen LogP contribution is -2.29. The van der Waals surface area contributed by atoms with Crippen molar-refractivity contribution in [1.29, 1.82) is 0 Å². The van der Waals surface area contributed by atoms with Crippen LogP contribution in [-0.2, 0) is 0 Å². The van der Waals surface area contributed by atoms with Crippen LogP contribution in [0.1, 0.15) is 48.8 Å². The van der Waals surface area contributed by atoms with Crippen molar-refractivity contribution in [3.8, 4) is 0 Å². The molecule has 0 aromatic heterocycles. The summed E-state index contributed by atoms with van der Waals surface area (Å²) in [6.07, 6.45) is 4.55.